The smallest absolute Gasteiger partial charge is 0.388 e. The molecule has 0 bridgehead atoms. The van der Waals surface area contributed by atoms with Gasteiger partial charge in [-0.15, -0.1) is 0 Å². The highest BCUT2D eigenvalue weighted by Crippen LogP contribution is 2.39. The first-order valence-corrected chi connectivity index (χ1v) is 22.0. The molecule has 2 amide bonds. The fraction of sp³-hybridized carbons (Fsp3) is 0.561. The van der Waals surface area contributed by atoms with Crippen molar-refractivity contribution in [2.45, 2.75) is 86.9 Å². The number of fused-ring (bicyclic) bond motifs is 1. The third-order valence-electron chi connectivity index (χ3n) is 12.8. The molecule has 4 saturated heterocycles. The molecule has 0 unspecified atom stereocenters. The fourth-order valence-corrected chi connectivity index (χ4v) is 11.0. The van der Waals surface area contributed by atoms with Crippen LogP contribution in [-0.4, -0.2) is 97.7 Å². The van der Waals surface area contributed by atoms with Crippen molar-refractivity contribution in [3.05, 3.63) is 65.4 Å². The first-order valence-electron chi connectivity index (χ1n) is 20.5. The van der Waals surface area contributed by atoms with Crippen molar-refractivity contribution in [2.24, 2.45) is 17.8 Å². The van der Waals surface area contributed by atoms with Crippen LogP contribution in [0.3, 0.4) is 0 Å². The first kappa shape index (κ1) is 42.2. The summed E-state index contributed by atoms with van der Waals surface area (Å²) >= 11 is 0. The summed E-state index contributed by atoms with van der Waals surface area (Å²) in [5, 5.41) is 15.4. The number of hydrogen-bond donors (Lipinski definition) is 4. The number of amides is 2. The van der Waals surface area contributed by atoms with Gasteiger partial charge in [0.2, 0.25) is 27.8 Å². The van der Waals surface area contributed by atoms with E-state index in [4.69, 9.17) is 0 Å². The zero-order valence-corrected chi connectivity index (χ0v) is 34.0. The lowest BCUT2D eigenvalue weighted by Crippen LogP contribution is -2.47. The minimum absolute atomic E-state index is 0.0818. The molecule has 1 aromatic heterocycles. The van der Waals surface area contributed by atoms with Gasteiger partial charge in [0.25, 0.3) is 0 Å². The molecule has 2 aromatic carbocycles. The number of carbonyl (C=O) groups is 2. The molecule has 5 aliphatic rings. The maximum absolute atomic E-state index is 15.3. The van der Waals surface area contributed by atoms with Gasteiger partial charge in [-0.3, -0.25) is 14.9 Å². The molecule has 4 atom stereocenters. The van der Waals surface area contributed by atoms with Gasteiger partial charge in [0.15, 0.2) is 0 Å². The molecule has 60 heavy (non-hydrogen) atoms. The number of halogens is 5. The van der Waals surface area contributed by atoms with E-state index in [1.54, 1.807) is 6.07 Å². The van der Waals surface area contributed by atoms with Gasteiger partial charge in [0.1, 0.15) is 23.0 Å². The van der Waals surface area contributed by atoms with Crippen LogP contribution in [0, 0.1) is 29.4 Å². The number of imide groups is 1. The number of likely N-dealkylation sites (tertiary alicyclic amines) is 1. The van der Waals surface area contributed by atoms with Crippen LogP contribution in [0.2, 0.25) is 0 Å². The van der Waals surface area contributed by atoms with E-state index < -0.39 is 56.6 Å². The molecule has 324 valence electrons. The molecule has 3 aromatic rings. The Morgan fingerprint density at radius 2 is 1.68 bits per heavy atom. The largest absolute Gasteiger partial charge is 0.421 e. The Morgan fingerprint density at radius 1 is 0.950 bits per heavy atom. The van der Waals surface area contributed by atoms with Crippen LogP contribution in [-0.2, 0) is 25.8 Å². The normalized spacial score (nSPS) is 27.9. The van der Waals surface area contributed by atoms with Gasteiger partial charge < -0.3 is 25.1 Å². The summed E-state index contributed by atoms with van der Waals surface area (Å²) in [4.78, 5) is 37.3. The Bertz CT molecular complexity index is 2220. The Labute approximate surface area is 345 Å². The van der Waals surface area contributed by atoms with Crippen molar-refractivity contribution in [3.8, 4) is 0 Å². The zero-order valence-electron chi connectivity index (χ0n) is 33.1. The van der Waals surface area contributed by atoms with Gasteiger partial charge in [-0.05, 0) is 100.0 Å². The number of nitrogens with one attached hydrogen (secondary N) is 3. The van der Waals surface area contributed by atoms with Crippen molar-refractivity contribution >= 4 is 45.0 Å². The van der Waals surface area contributed by atoms with Gasteiger partial charge in [-0.2, -0.15) is 18.2 Å². The van der Waals surface area contributed by atoms with E-state index in [1.165, 1.54) is 30.0 Å². The predicted octanol–water partition coefficient (Wildman–Crippen LogP) is 5.29. The summed E-state index contributed by atoms with van der Waals surface area (Å²) in [7, 11) is -4.09. The Kier molecular flexibility index (Phi) is 11.6. The monoisotopic (exact) mass is 860 g/mol. The van der Waals surface area contributed by atoms with Crippen LogP contribution in [0.15, 0.2) is 47.5 Å². The molecule has 4 aliphatic heterocycles. The van der Waals surface area contributed by atoms with Crippen molar-refractivity contribution in [3.63, 3.8) is 0 Å². The summed E-state index contributed by atoms with van der Waals surface area (Å²) in [5.74, 6) is -2.36. The number of aromatic nitrogens is 2. The Balaban J connectivity index is 0.811. The van der Waals surface area contributed by atoms with Crippen LogP contribution in [0.5, 0.6) is 0 Å². The molecule has 8 rings (SSSR count). The number of piperidine rings is 2. The average Bonchev–Trinajstić information content (AvgIpc) is 3.75. The van der Waals surface area contributed by atoms with Gasteiger partial charge in [0.05, 0.1) is 22.1 Å². The van der Waals surface area contributed by atoms with Crippen molar-refractivity contribution in [2.75, 3.05) is 60.9 Å². The fourth-order valence-electron chi connectivity index (χ4n) is 9.71. The second-order valence-corrected chi connectivity index (χ2v) is 19.1. The van der Waals surface area contributed by atoms with Crippen LogP contribution >= 0.6 is 0 Å². The number of sulfonamides is 1. The number of alkyl halides is 3. The summed E-state index contributed by atoms with van der Waals surface area (Å²) in [5.41, 5.74) is -1.44. The lowest BCUT2D eigenvalue weighted by molar-refractivity contribution is -0.138. The Hall–Kier alpha value is -4.46. The standard InChI is InChI=1S/C41H49F5N8O5S/c1-40(57)13-2-14-53(23-40)37-32(41(44,45)46)17-47-39(50-37)48-35-11-8-29(16-34(35)43)60(58,59)51-27-5-3-24(4-6-27)18-52-19-25-21-54(22-26(25)20-52)28-7-9-30(33(42)15-28)31-10-12-36(55)49-38(31)56/h7-9,11,15-17,24-27,31,51,57H,2-6,10,12-14,18-23H2,1H3,(H,47,48,50)(H,49,55,56)/t24?,25-,26+,27?,31-,40-/m0/s1. The molecule has 1 saturated carbocycles. The summed E-state index contributed by atoms with van der Waals surface area (Å²) in [6, 6.07) is 7.93. The highest BCUT2D eigenvalue weighted by molar-refractivity contribution is 7.89. The number of nitrogens with zero attached hydrogens (tertiary/aromatic N) is 5. The zero-order chi connectivity index (χ0) is 42.6. The highest BCUT2D eigenvalue weighted by Gasteiger charge is 2.42. The van der Waals surface area contributed by atoms with E-state index in [1.807, 2.05) is 6.07 Å². The van der Waals surface area contributed by atoms with E-state index in [9.17, 15) is 36.3 Å². The van der Waals surface area contributed by atoms with Gasteiger partial charge in [-0.1, -0.05) is 6.07 Å². The molecule has 5 fully saturated rings. The topological polar surface area (TPSA) is 160 Å². The minimum atomic E-state index is -4.77. The maximum atomic E-state index is 15.3. The first-order chi connectivity index (χ1) is 28.4. The summed E-state index contributed by atoms with van der Waals surface area (Å²) in [6.07, 6.45) is 0.0778. The summed E-state index contributed by atoms with van der Waals surface area (Å²) < 4.78 is 102. The van der Waals surface area contributed by atoms with Crippen molar-refractivity contribution < 1.29 is 45.1 Å². The number of hydrogen-bond acceptors (Lipinski definition) is 11. The van der Waals surface area contributed by atoms with E-state index in [2.05, 4.69) is 35.1 Å². The average molecular weight is 861 g/mol. The van der Waals surface area contributed by atoms with Gasteiger partial charge in [-0.25, -0.2) is 26.9 Å². The number of anilines is 4. The number of benzene rings is 2. The third-order valence-corrected chi connectivity index (χ3v) is 14.3. The van der Waals surface area contributed by atoms with E-state index in [-0.39, 0.29) is 48.0 Å². The van der Waals surface area contributed by atoms with Crippen LogP contribution < -0.4 is 25.2 Å². The highest BCUT2D eigenvalue weighted by atomic mass is 32.2. The number of rotatable bonds is 10. The molecule has 0 radical (unpaired) electrons. The van der Waals surface area contributed by atoms with Gasteiger partial charge >= 0.3 is 6.18 Å². The molecule has 0 spiro atoms. The van der Waals surface area contributed by atoms with E-state index in [0.29, 0.717) is 61.6 Å². The lowest BCUT2D eigenvalue weighted by atomic mass is 9.86. The SMILES string of the molecule is C[C@]1(O)CCCN(c2nc(Nc3ccc(S(=O)(=O)NC4CCC(CN5C[C@@H]6CN(c7ccc([C@@H]8CCC(=O)NC8=O)c(F)c7)C[C@@H]6C5)CC4)cc3F)ncc2C(F)(F)F)C1. The van der Waals surface area contributed by atoms with Crippen molar-refractivity contribution in [1.29, 1.82) is 0 Å². The van der Waals surface area contributed by atoms with Crippen LogP contribution in [0.4, 0.5) is 45.1 Å². The molecule has 19 heteroatoms. The summed E-state index contributed by atoms with van der Waals surface area (Å²) in [6.45, 7) is 6.05. The lowest BCUT2D eigenvalue weighted by Gasteiger charge is -2.38. The molecular formula is C41H49F5N8O5S. The maximum Gasteiger partial charge on any atom is 0.421 e. The van der Waals surface area contributed by atoms with Crippen LogP contribution in [0.25, 0.3) is 0 Å². The quantitative estimate of drug-likeness (QED) is 0.155. The molecular weight excluding hydrogens is 812 g/mol. The minimum Gasteiger partial charge on any atom is -0.388 e. The van der Waals surface area contributed by atoms with E-state index >= 15 is 8.78 Å². The number of aliphatic hydroxyl groups is 1. The molecule has 1 aliphatic carbocycles. The van der Waals surface area contributed by atoms with Gasteiger partial charge in [0, 0.05) is 75.7 Å². The number of carbonyl (C=O) groups excluding carboxylic acids is 2. The Morgan fingerprint density at radius 3 is 2.33 bits per heavy atom. The molecule has 5 heterocycles. The second kappa shape index (κ2) is 16.4. The van der Waals surface area contributed by atoms with Crippen LogP contribution in [0.1, 0.15) is 75.3 Å². The number of β-amino-alcohol motifs (C(OH)–C–C–N with tert-alkyl or cyclic N) is 1. The predicted molar refractivity (Wildman–Crippen MR) is 212 cm³/mol. The molecule has 13 nitrogen and oxygen atoms in total. The second-order valence-electron chi connectivity index (χ2n) is 17.4. The van der Waals surface area contributed by atoms with Crippen molar-refractivity contribution in [1.82, 2.24) is 24.9 Å². The van der Waals surface area contributed by atoms with E-state index in [0.717, 1.165) is 57.3 Å². The molecule has 4 N–H and O–H groups in total. The third kappa shape index (κ3) is 9.23.